The summed E-state index contributed by atoms with van der Waals surface area (Å²) in [5.74, 6) is 0.103. The highest BCUT2D eigenvalue weighted by Gasteiger charge is 2.35. The van der Waals surface area contributed by atoms with Crippen LogP contribution >= 0.6 is 0 Å². The Hall–Kier alpha value is -1.92. The van der Waals surface area contributed by atoms with Crippen LogP contribution in [0, 0.1) is 5.92 Å². The molecule has 2 amide bonds. The van der Waals surface area contributed by atoms with Crippen LogP contribution in [0.5, 0.6) is 0 Å². The van der Waals surface area contributed by atoms with Crippen molar-refractivity contribution in [2.75, 3.05) is 23.8 Å². The molecule has 0 atom stereocenters. The van der Waals surface area contributed by atoms with Crippen molar-refractivity contribution in [1.29, 1.82) is 0 Å². The highest BCUT2D eigenvalue weighted by atomic mass is 16.5. The maximum atomic E-state index is 12.3. The molecular formula is C17H25N3O3. The summed E-state index contributed by atoms with van der Waals surface area (Å²) < 4.78 is 5.25. The van der Waals surface area contributed by atoms with Gasteiger partial charge in [0.1, 0.15) is 5.54 Å². The molecule has 0 radical (unpaired) electrons. The van der Waals surface area contributed by atoms with Crippen LogP contribution in [0.15, 0.2) is 24.3 Å². The van der Waals surface area contributed by atoms with E-state index in [2.05, 4.69) is 10.6 Å². The maximum absolute atomic E-state index is 12.3. The van der Waals surface area contributed by atoms with Gasteiger partial charge in [-0.1, -0.05) is 13.8 Å². The van der Waals surface area contributed by atoms with Crippen LogP contribution in [0.2, 0.25) is 0 Å². The Kier molecular flexibility index (Phi) is 5.74. The Morgan fingerprint density at radius 2 is 1.65 bits per heavy atom. The number of benzene rings is 1. The Morgan fingerprint density at radius 1 is 1.13 bits per heavy atom. The average Bonchev–Trinajstić information content (AvgIpc) is 2.49. The van der Waals surface area contributed by atoms with Crippen LogP contribution in [0.25, 0.3) is 0 Å². The van der Waals surface area contributed by atoms with Gasteiger partial charge in [-0.3, -0.25) is 9.59 Å². The summed E-state index contributed by atoms with van der Waals surface area (Å²) in [6, 6.07) is 7.04. The van der Waals surface area contributed by atoms with E-state index in [1.165, 1.54) is 0 Å². The Balaban J connectivity index is 1.92. The highest BCUT2D eigenvalue weighted by Crippen LogP contribution is 2.21. The first-order valence-corrected chi connectivity index (χ1v) is 7.97. The maximum Gasteiger partial charge on any atom is 0.244 e. The number of nitrogens with one attached hydrogen (secondary N) is 2. The number of hydrogen-bond acceptors (Lipinski definition) is 4. The first-order chi connectivity index (χ1) is 10.9. The Bertz CT molecular complexity index is 549. The number of rotatable bonds is 5. The second kappa shape index (κ2) is 7.57. The zero-order valence-electron chi connectivity index (χ0n) is 13.7. The first-order valence-electron chi connectivity index (χ1n) is 7.97. The van der Waals surface area contributed by atoms with Gasteiger partial charge < -0.3 is 21.1 Å². The van der Waals surface area contributed by atoms with Gasteiger partial charge in [0.25, 0.3) is 0 Å². The molecule has 0 saturated carbocycles. The largest absolute Gasteiger partial charge is 0.381 e. The number of carbonyl (C=O) groups excluding carboxylic acids is 2. The molecule has 23 heavy (non-hydrogen) atoms. The lowest BCUT2D eigenvalue weighted by atomic mass is 9.90. The van der Waals surface area contributed by atoms with Crippen molar-refractivity contribution in [2.24, 2.45) is 11.7 Å². The normalized spacial score (nSPS) is 16.9. The second-order valence-corrected chi connectivity index (χ2v) is 6.45. The van der Waals surface area contributed by atoms with E-state index in [-0.39, 0.29) is 11.8 Å². The second-order valence-electron chi connectivity index (χ2n) is 6.45. The summed E-state index contributed by atoms with van der Waals surface area (Å²) >= 11 is 0. The van der Waals surface area contributed by atoms with Gasteiger partial charge in [0.05, 0.1) is 0 Å². The monoisotopic (exact) mass is 319 g/mol. The van der Waals surface area contributed by atoms with Crippen molar-refractivity contribution in [3.05, 3.63) is 24.3 Å². The van der Waals surface area contributed by atoms with E-state index in [9.17, 15) is 9.59 Å². The van der Waals surface area contributed by atoms with E-state index in [1.807, 2.05) is 13.8 Å². The summed E-state index contributed by atoms with van der Waals surface area (Å²) in [7, 11) is 0. The molecule has 6 heteroatoms. The van der Waals surface area contributed by atoms with Crippen LogP contribution in [0.3, 0.4) is 0 Å². The Labute approximate surface area is 136 Å². The van der Waals surface area contributed by atoms with Gasteiger partial charge in [0, 0.05) is 31.0 Å². The van der Waals surface area contributed by atoms with Crippen LogP contribution in [-0.4, -0.2) is 30.6 Å². The van der Waals surface area contributed by atoms with Crippen molar-refractivity contribution in [2.45, 2.75) is 38.6 Å². The standard InChI is InChI=1S/C17H25N3O3/c1-12(2)11-15(21)19-13-3-5-14(6-4-13)20-16(22)17(18)7-9-23-10-8-17/h3-6,12H,7-11,18H2,1-2H3,(H,19,21)(H,20,22). The minimum absolute atomic E-state index is 0.0140. The minimum Gasteiger partial charge on any atom is -0.381 e. The SMILES string of the molecule is CC(C)CC(=O)Nc1ccc(NC(=O)C2(N)CCOCC2)cc1. The van der Waals surface area contributed by atoms with Crippen molar-refractivity contribution >= 4 is 23.2 Å². The third kappa shape index (κ3) is 5.04. The molecule has 1 aliphatic heterocycles. The molecule has 6 nitrogen and oxygen atoms in total. The number of carbonyl (C=O) groups is 2. The molecule has 1 fully saturated rings. The average molecular weight is 319 g/mol. The number of ether oxygens (including phenoxy) is 1. The number of amides is 2. The molecule has 0 unspecified atom stereocenters. The summed E-state index contributed by atoms with van der Waals surface area (Å²) in [6.45, 7) is 5.00. The predicted molar refractivity (Wildman–Crippen MR) is 90.1 cm³/mol. The molecule has 2 rings (SSSR count). The van der Waals surface area contributed by atoms with Crippen molar-refractivity contribution in [3.63, 3.8) is 0 Å². The van der Waals surface area contributed by atoms with Gasteiger partial charge in [-0.05, 0) is 43.0 Å². The summed E-state index contributed by atoms with van der Waals surface area (Å²) in [5, 5.41) is 5.66. The number of anilines is 2. The smallest absolute Gasteiger partial charge is 0.244 e. The quantitative estimate of drug-likeness (QED) is 0.775. The molecule has 0 spiro atoms. The van der Waals surface area contributed by atoms with Crippen LogP contribution < -0.4 is 16.4 Å². The van der Waals surface area contributed by atoms with Gasteiger partial charge in [0.2, 0.25) is 11.8 Å². The lowest BCUT2D eigenvalue weighted by Crippen LogP contribution is -2.54. The van der Waals surface area contributed by atoms with E-state index >= 15 is 0 Å². The Morgan fingerprint density at radius 3 is 2.17 bits per heavy atom. The minimum atomic E-state index is -0.873. The van der Waals surface area contributed by atoms with E-state index in [4.69, 9.17) is 10.5 Å². The van der Waals surface area contributed by atoms with Crippen molar-refractivity contribution < 1.29 is 14.3 Å². The molecule has 1 heterocycles. The summed E-state index contributed by atoms with van der Waals surface area (Å²) in [4.78, 5) is 24.0. The topological polar surface area (TPSA) is 93.5 Å². The zero-order chi connectivity index (χ0) is 16.9. The highest BCUT2D eigenvalue weighted by molar-refractivity contribution is 5.98. The van der Waals surface area contributed by atoms with Gasteiger partial charge in [-0.2, -0.15) is 0 Å². The molecule has 4 N–H and O–H groups in total. The summed E-state index contributed by atoms with van der Waals surface area (Å²) in [5.41, 5.74) is 6.64. The van der Waals surface area contributed by atoms with E-state index < -0.39 is 5.54 Å². The third-order valence-electron chi connectivity index (χ3n) is 3.86. The fourth-order valence-electron chi connectivity index (χ4n) is 2.44. The van der Waals surface area contributed by atoms with Crippen LogP contribution in [0.1, 0.15) is 33.1 Å². The molecule has 1 aromatic carbocycles. The lowest BCUT2D eigenvalue weighted by molar-refractivity contribution is -0.124. The van der Waals surface area contributed by atoms with Gasteiger partial charge in [-0.25, -0.2) is 0 Å². The van der Waals surface area contributed by atoms with E-state index in [0.717, 1.165) is 0 Å². The van der Waals surface area contributed by atoms with Gasteiger partial charge >= 0.3 is 0 Å². The number of nitrogens with two attached hydrogens (primary N) is 1. The van der Waals surface area contributed by atoms with Crippen molar-refractivity contribution in [1.82, 2.24) is 0 Å². The molecule has 126 valence electrons. The van der Waals surface area contributed by atoms with E-state index in [0.29, 0.717) is 49.8 Å². The first kappa shape index (κ1) is 17.4. The molecule has 1 saturated heterocycles. The zero-order valence-corrected chi connectivity index (χ0v) is 13.7. The number of hydrogen-bond donors (Lipinski definition) is 3. The molecule has 0 bridgehead atoms. The molecule has 0 aliphatic carbocycles. The van der Waals surface area contributed by atoms with Crippen LogP contribution in [-0.2, 0) is 14.3 Å². The van der Waals surface area contributed by atoms with E-state index in [1.54, 1.807) is 24.3 Å². The fraction of sp³-hybridized carbons (Fsp3) is 0.529. The van der Waals surface area contributed by atoms with Crippen LogP contribution in [0.4, 0.5) is 11.4 Å². The molecular weight excluding hydrogens is 294 g/mol. The third-order valence-corrected chi connectivity index (χ3v) is 3.86. The van der Waals surface area contributed by atoms with Crippen molar-refractivity contribution in [3.8, 4) is 0 Å². The molecule has 0 aromatic heterocycles. The summed E-state index contributed by atoms with van der Waals surface area (Å²) in [6.07, 6.45) is 1.51. The fourth-order valence-corrected chi connectivity index (χ4v) is 2.44. The van der Waals surface area contributed by atoms with Gasteiger partial charge in [0.15, 0.2) is 0 Å². The predicted octanol–water partition coefficient (Wildman–Crippen LogP) is 2.12. The molecule has 1 aliphatic rings. The van der Waals surface area contributed by atoms with Gasteiger partial charge in [-0.15, -0.1) is 0 Å². The lowest BCUT2D eigenvalue weighted by Gasteiger charge is -2.31. The molecule has 1 aromatic rings.